The summed E-state index contributed by atoms with van der Waals surface area (Å²) in [4.78, 5) is 15.2. The average molecular weight is 419 g/mol. The van der Waals surface area contributed by atoms with Gasteiger partial charge in [-0.3, -0.25) is 4.79 Å². The number of anilines is 1. The number of benzene rings is 1. The van der Waals surface area contributed by atoms with Crippen LogP contribution in [0.5, 0.6) is 0 Å². The Morgan fingerprint density at radius 2 is 1.71 bits per heavy atom. The number of nitrogens with zero attached hydrogens (tertiary/aromatic N) is 2. The fourth-order valence-corrected chi connectivity index (χ4v) is 4.46. The molecule has 2 heterocycles. The number of hydrogen-bond acceptors (Lipinski definition) is 4. The molecule has 28 heavy (non-hydrogen) atoms. The van der Waals surface area contributed by atoms with Gasteiger partial charge in [-0.2, -0.15) is 13.2 Å². The Hall–Kier alpha value is -1.81. The molecule has 0 spiro atoms. The molecule has 2 saturated heterocycles. The minimum atomic E-state index is -4.70. The number of halogens is 3. The molecule has 0 unspecified atom stereocenters. The van der Waals surface area contributed by atoms with Crippen molar-refractivity contribution >= 4 is 21.6 Å². The number of likely N-dealkylation sites (tertiary alicyclic amines) is 1. The summed E-state index contributed by atoms with van der Waals surface area (Å²) in [5, 5.41) is 4.97. The number of nitrogens with two attached hydrogens (primary N) is 1. The first kappa shape index (κ1) is 20.9. The Balaban J connectivity index is 1.70. The van der Waals surface area contributed by atoms with E-state index in [1.165, 1.54) is 0 Å². The second-order valence-corrected chi connectivity index (χ2v) is 9.01. The van der Waals surface area contributed by atoms with Crippen molar-refractivity contribution in [2.24, 2.45) is 11.1 Å². The number of sulfonamides is 1. The van der Waals surface area contributed by atoms with Crippen molar-refractivity contribution in [1.82, 2.24) is 4.90 Å². The SMILES string of the molecule is NS(=O)(=O)c1ccc(N2CCC(CC(=O)N3CCCC3)CC2)c(C(F)(F)F)c1. The number of primary sulfonamides is 1. The Kier molecular flexibility index (Phi) is 5.90. The van der Waals surface area contributed by atoms with Gasteiger partial charge in [-0.1, -0.05) is 0 Å². The van der Waals surface area contributed by atoms with E-state index in [9.17, 15) is 26.4 Å². The van der Waals surface area contributed by atoms with Gasteiger partial charge in [0.05, 0.1) is 10.5 Å². The fraction of sp³-hybridized carbons (Fsp3) is 0.611. The van der Waals surface area contributed by atoms with E-state index in [0.29, 0.717) is 38.4 Å². The third kappa shape index (κ3) is 4.78. The highest BCUT2D eigenvalue weighted by atomic mass is 32.2. The summed E-state index contributed by atoms with van der Waals surface area (Å²) in [5.41, 5.74) is -1.06. The average Bonchev–Trinajstić information content (AvgIpc) is 3.15. The molecular weight excluding hydrogens is 395 g/mol. The lowest BCUT2D eigenvalue weighted by Gasteiger charge is -2.35. The van der Waals surface area contributed by atoms with Crippen molar-refractivity contribution in [2.75, 3.05) is 31.1 Å². The third-order valence-corrected chi connectivity index (χ3v) is 6.39. The van der Waals surface area contributed by atoms with Crippen molar-refractivity contribution < 1.29 is 26.4 Å². The Bertz CT molecular complexity index is 828. The van der Waals surface area contributed by atoms with Gasteiger partial charge in [-0.15, -0.1) is 0 Å². The molecular formula is C18H24F3N3O3S. The van der Waals surface area contributed by atoms with Crippen molar-refractivity contribution in [3.8, 4) is 0 Å². The van der Waals surface area contributed by atoms with Crippen molar-refractivity contribution in [1.29, 1.82) is 0 Å². The van der Waals surface area contributed by atoms with Crippen LogP contribution in [0.25, 0.3) is 0 Å². The second kappa shape index (κ2) is 7.90. The van der Waals surface area contributed by atoms with E-state index in [1.807, 2.05) is 4.90 Å². The van der Waals surface area contributed by atoms with E-state index in [1.54, 1.807) is 4.90 Å². The van der Waals surface area contributed by atoms with Crippen LogP contribution in [0, 0.1) is 5.92 Å². The maximum absolute atomic E-state index is 13.5. The molecule has 1 amide bonds. The van der Waals surface area contributed by atoms with Gasteiger partial charge >= 0.3 is 6.18 Å². The number of carbonyl (C=O) groups excluding carboxylic acids is 1. The lowest BCUT2D eigenvalue weighted by Crippen LogP contribution is -2.37. The number of alkyl halides is 3. The molecule has 2 aliphatic heterocycles. The molecule has 2 aliphatic rings. The Labute approximate surface area is 162 Å². The maximum atomic E-state index is 13.5. The van der Waals surface area contributed by atoms with Crippen molar-refractivity contribution in [3.63, 3.8) is 0 Å². The van der Waals surface area contributed by atoms with Crippen LogP contribution in [-0.2, 0) is 21.0 Å². The van der Waals surface area contributed by atoms with Crippen LogP contribution in [0.4, 0.5) is 18.9 Å². The molecule has 3 rings (SSSR count). The smallest absolute Gasteiger partial charge is 0.371 e. The molecule has 2 N–H and O–H groups in total. The summed E-state index contributed by atoms with van der Waals surface area (Å²) in [6.07, 6.45) is -0.970. The molecule has 0 radical (unpaired) electrons. The lowest BCUT2D eigenvalue weighted by atomic mass is 9.92. The molecule has 0 bridgehead atoms. The summed E-state index contributed by atoms with van der Waals surface area (Å²) in [5.74, 6) is 0.284. The van der Waals surface area contributed by atoms with Crippen LogP contribution in [0.2, 0.25) is 0 Å². The standard InChI is InChI=1S/C18H24F3N3O3S/c19-18(20,21)15-12-14(28(22,26)27)3-4-16(15)23-9-5-13(6-10-23)11-17(25)24-7-1-2-8-24/h3-4,12-13H,1-2,5-11H2,(H2,22,26,27). The van der Waals surface area contributed by atoms with E-state index in [2.05, 4.69) is 0 Å². The maximum Gasteiger partial charge on any atom is 0.418 e. The van der Waals surface area contributed by atoms with Crippen LogP contribution in [0.3, 0.4) is 0 Å². The topological polar surface area (TPSA) is 83.7 Å². The van der Waals surface area contributed by atoms with Gasteiger partial charge in [-0.25, -0.2) is 13.6 Å². The summed E-state index contributed by atoms with van der Waals surface area (Å²) < 4.78 is 63.3. The third-order valence-electron chi connectivity index (χ3n) is 5.48. The summed E-state index contributed by atoms with van der Waals surface area (Å²) in [6, 6.07) is 2.86. The molecule has 0 atom stereocenters. The second-order valence-electron chi connectivity index (χ2n) is 7.44. The summed E-state index contributed by atoms with van der Waals surface area (Å²) in [6.45, 7) is 2.36. The number of rotatable bonds is 4. The first-order chi connectivity index (χ1) is 13.1. The number of amides is 1. The molecule has 6 nitrogen and oxygen atoms in total. The largest absolute Gasteiger partial charge is 0.418 e. The zero-order valence-corrected chi connectivity index (χ0v) is 16.2. The number of piperidine rings is 1. The highest BCUT2D eigenvalue weighted by Crippen LogP contribution is 2.39. The van der Waals surface area contributed by atoms with Gasteiger partial charge in [-0.05, 0) is 49.8 Å². The van der Waals surface area contributed by atoms with Crippen molar-refractivity contribution in [2.45, 2.75) is 43.2 Å². The molecule has 10 heteroatoms. The van der Waals surface area contributed by atoms with Gasteiger partial charge in [0.25, 0.3) is 0 Å². The number of carbonyl (C=O) groups is 1. The highest BCUT2D eigenvalue weighted by molar-refractivity contribution is 7.89. The predicted molar refractivity (Wildman–Crippen MR) is 98.2 cm³/mol. The normalized spacial score (nSPS) is 19.3. The van der Waals surface area contributed by atoms with E-state index in [-0.39, 0.29) is 17.5 Å². The van der Waals surface area contributed by atoms with E-state index < -0.39 is 26.7 Å². The van der Waals surface area contributed by atoms with E-state index >= 15 is 0 Å². The van der Waals surface area contributed by atoms with Crippen molar-refractivity contribution in [3.05, 3.63) is 23.8 Å². The quantitative estimate of drug-likeness (QED) is 0.813. The lowest BCUT2D eigenvalue weighted by molar-refractivity contribution is -0.137. The molecule has 156 valence electrons. The molecule has 1 aromatic rings. The van der Waals surface area contributed by atoms with Crippen LogP contribution < -0.4 is 10.0 Å². The fourth-order valence-electron chi connectivity index (χ4n) is 3.92. The van der Waals surface area contributed by atoms with Crippen LogP contribution in [0.1, 0.15) is 37.7 Å². The Morgan fingerprint density at radius 1 is 1.11 bits per heavy atom. The minimum Gasteiger partial charge on any atom is -0.371 e. The van der Waals surface area contributed by atoms with Crippen LogP contribution in [-0.4, -0.2) is 45.4 Å². The molecule has 0 saturated carbocycles. The highest BCUT2D eigenvalue weighted by Gasteiger charge is 2.37. The van der Waals surface area contributed by atoms with Gasteiger partial charge < -0.3 is 9.80 Å². The van der Waals surface area contributed by atoms with Gasteiger partial charge in [0.15, 0.2) is 0 Å². The molecule has 0 aliphatic carbocycles. The van der Waals surface area contributed by atoms with Gasteiger partial charge in [0.2, 0.25) is 15.9 Å². The summed E-state index contributed by atoms with van der Waals surface area (Å²) in [7, 11) is -4.22. The number of hydrogen-bond donors (Lipinski definition) is 1. The van der Waals surface area contributed by atoms with Gasteiger partial charge in [0.1, 0.15) is 0 Å². The molecule has 1 aromatic carbocycles. The first-order valence-electron chi connectivity index (χ1n) is 9.32. The van der Waals surface area contributed by atoms with Crippen LogP contribution >= 0.6 is 0 Å². The minimum absolute atomic E-state index is 0.0516. The summed E-state index contributed by atoms with van der Waals surface area (Å²) >= 11 is 0. The van der Waals surface area contributed by atoms with Gasteiger partial charge in [0, 0.05) is 38.3 Å². The monoisotopic (exact) mass is 419 g/mol. The van der Waals surface area contributed by atoms with Crippen LogP contribution in [0.15, 0.2) is 23.1 Å². The van der Waals surface area contributed by atoms with E-state index in [0.717, 1.165) is 38.1 Å². The first-order valence-corrected chi connectivity index (χ1v) is 10.9. The Morgan fingerprint density at radius 3 is 2.25 bits per heavy atom. The molecule has 0 aromatic heterocycles. The zero-order valence-electron chi connectivity index (χ0n) is 15.4. The zero-order chi connectivity index (χ0) is 20.5. The van der Waals surface area contributed by atoms with E-state index in [4.69, 9.17) is 5.14 Å². The predicted octanol–water partition coefficient (Wildman–Crippen LogP) is 2.58. The molecule has 2 fully saturated rings.